The average molecular weight is 494 g/mol. The highest BCUT2D eigenvalue weighted by Crippen LogP contribution is 2.29. The predicted molar refractivity (Wildman–Crippen MR) is 131 cm³/mol. The number of ether oxygens (including phenoxy) is 2. The fraction of sp³-hybridized carbons (Fsp3) is 0.423. The summed E-state index contributed by atoms with van der Waals surface area (Å²) < 4.78 is 13.1. The molecule has 0 saturated heterocycles. The van der Waals surface area contributed by atoms with Crippen LogP contribution in [0.5, 0.6) is 5.75 Å². The molecule has 0 aliphatic heterocycles. The summed E-state index contributed by atoms with van der Waals surface area (Å²) in [5.41, 5.74) is 2.71. The summed E-state index contributed by atoms with van der Waals surface area (Å²) in [5, 5.41) is 17.6. The molecule has 1 N–H and O–H groups in total. The maximum Gasteiger partial charge on any atom is 0.410 e. The lowest BCUT2D eigenvalue weighted by Gasteiger charge is -2.27. The van der Waals surface area contributed by atoms with Crippen LogP contribution in [0.1, 0.15) is 49.9 Å². The third-order valence-corrected chi connectivity index (χ3v) is 6.68. The lowest BCUT2D eigenvalue weighted by molar-refractivity contribution is -0.143. The minimum Gasteiger partial charge on any atom is -0.489 e. The number of carbonyl (C=O) groups excluding carboxylic acids is 1. The summed E-state index contributed by atoms with van der Waals surface area (Å²) in [6.07, 6.45) is 3.83. The van der Waals surface area contributed by atoms with E-state index in [1.807, 2.05) is 37.3 Å². The Morgan fingerprint density at radius 2 is 1.97 bits per heavy atom. The van der Waals surface area contributed by atoms with Gasteiger partial charge in [0, 0.05) is 14.1 Å². The van der Waals surface area contributed by atoms with Gasteiger partial charge in [0.15, 0.2) is 0 Å². The number of pyridine rings is 1. The number of benzene rings is 1. The minimum absolute atomic E-state index is 0.0118. The number of carbonyl (C=O) groups is 2. The molecule has 0 radical (unpaired) electrons. The van der Waals surface area contributed by atoms with Gasteiger partial charge in [-0.3, -0.25) is 9.78 Å². The predicted octanol–water partition coefficient (Wildman–Crippen LogP) is 4.23. The Bertz CT molecular complexity index is 1180. The van der Waals surface area contributed by atoms with E-state index in [9.17, 15) is 14.7 Å². The van der Waals surface area contributed by atoms with Crippen molar-refractivity contribution >= 4 is 12.1 Å². The molecule has 190 valence electrons. The average Bonchev–Trinajstić information content (AvgIpc) is 3.27. The molecule has 1 aliphatic rings. The molecular weight excluding hydrogens is 462 g/mol. The number of hydrogen-bond acceptors (Lipinski definition) is 7. The van der Waals surface area contributed by atoms with Crippen molar-refractivity contribution in [1.29, 1.82) is 0 Å². The Hall–Kier alpha value is -3.95. The topological polar surface area (TPSA) is 120 Å². The van der Waals surface area contributed by atoms with Crippen molar-refractivity contribution in [2.45, 2.75) is 51.4 Å². The normalized spacial score (nSPS) is 18.3. The molecule has 3 atom stereocenters. The first kappa shape index (κ1) is 25.2. The Labute approximate surface area is 209 Å². The summed E-state index contributed by atoms with van der Waals surface area (Å²) in [6, 6.07) is 13.1. The van der Waals surface area contributed by atoms with Gasteiger partial charge in [0.1, 0.15) is 23.7 Å². The van der Waals surface area contributed by atoms with Crippen molar-refractivity contribution < 1.29 is 24.2 Å². The highest BCUT2D eigenvalue weighted by Gasteiger charge is 2.28. The largest absolute Gasteiger partial charge is 0.489 e. The maximum absolute atomic E-state index is 12.7. The van der Waals surface area contributed by atoms with E-state index >= 15 is 0 Å². The molecule has 10 heteroatoms. The summed E-state index contributed by atoms with van der Waals surface area (Å²) in [4.78, 5) is 30.0. The molecule has 36 heavy (non-hydrogen) atoms. The Kier molecular flexibility index (Phi) is 7.82. The van der Waals surface area contributed by atoms with E-state index in [1.165, 1.54) is 0 Å². The van der Waals surface area contributed by atoms with Crippen molar-refractivity contribution in [1.82, 2.24) is 24.9 Å². The van der Waals surface area contributed by atoms with Crippen LogP contribution in [0.15, 0.2) is 48.7 Å². The fourth-order valence-electron chi connectivity index (χ4n) is 4.34. The van der Waals surface area contributed by atoms with E-state index in [4.69, 9.17) is 9.47 Å². The van der Waals surface area contributed by atoms with Crippen LogP contribution < -0.4 is 4.74 Å². The van der Waals surface area contributed by atoms with Gasteiger partial charge in [-0.25, -0.2) is 9.48 Å². The number of aliphatic carboxylic acids is 1. The van der Waals surface area contributed by atoms with Gasteiger partial charge < -0.3 is 19.5 Å². The molecule has 1 aromatic carbocycles. The number of rotatable bonds is 8. The molecule has 1 saturated carbocycles. The van der Waals surface area contributed by atoms with Gasteiger partial charge in [-0.15, -0.1) is 5.10 Å². The van der Waals surface area contributed by atoms with Crippen LogP contribution in [0.3, 0.4) is 0 Å². The fourth-order valence-corrected chi connectivity index (χ4v) is 4.34. The number of carboxylic acids is 1. The lowest BCUT2D eigenvalue weighted by Crippen LogP contribution is -2.30. The van der Waals surface area contributed by atoms with Crippen molar-refractivity contribution in [3.63, 3.8) is 0 Å². The summed E-state index contributed by atoms with van der Waals surface area (Å²) >= 11 is 0. The van der Waals surface area contributed by atoms with E-state index in [-0.39, 0.29) is 24.7 Å². The highest BCUT2D eigenvalue weighted by atomic mass is 16.6. The van der Waals surface area contributed by atoms with Crippen molar-refractivity contribution in [3.05, 3.63) is 59.9 Å². The number of aromatic nitrogens is 4. The zero-order chi connectivity index (χ0) is 25.7. The second-order valence-electron chi connectivity index (χ2n) is 9.08. The quantitative estimate of drug-likeness (QED) is 0.495. The second kappa shape index (κ2) is 11.2. The van der Waals surface area contributed by atoms with Crippen molar-refractivity contribution in [2.24, 2.45) is 13.0 Å². The van der Waals surface area contributed by atoms with Crippen LogP contribution >= 0.6 is 0 Å². The highest BCUT2D eigenvalue weighted by molar-refractivity contribution is 5.70. The van der Waals surface area contributed by atoms with Crippen LogP contribution in [0, 0.1) is 5.92 Å². The smallest absolute Gasteiger partial charge is 0.410 e. The van der Waals surface area contributed by atoms with Crippen LogP contribution in [0.2, 0.25) is 0 Å². The molecule has 0 bridgehead atoms. The molecule has 2 heterocycles. The zero-order valence-electron chi connectivity index (χ0n) is 20.7. The van der Waals surface area contributed by atoms with Gasteiger partial charge in [0.05, 0.1) is 30.0 Å². The van der Waals surface area contributed by atoms with Gasteiger partial charge >= 0.3 is 12.1 Å². The minimum atomic E-state index is -0.770. The van der Waals surface area contributed by atoms with Crippen molar-refractivity contribution in [3.8, 4) is 17.1 Å². The SMILES string of the molecule is C[C@H](c1ccccc1)N(C)C(=O)OCc1c(-c2ccc(O[C@H]3CCC[C@H](C(=O)O)C3)cn2)nnn1C. The van der Waals surface area contributed by atoms with Gasteiger partial charge in [0.2, 0.25) is 0 Å². The van der Waals surface area contributed by atoms with Crippen LogP contribution in [-0.4, -0.2) is 55.2 Å². The summed E-state index contributed by atoms with van der Waals surface area (Å²) in [7, 11) is 3.43. The lowest BCUT2D eigenvalue weighted by atomic mass is 9.87. The molecule has 1 amide bonds. The van der Waals surface area contributed by atoms with E-state index in [1.54, 1.807) is 42.0 Å². The maximum atomic E-state index is 12.7. The number of hydrogen-bond donors (Lipinski definition) is 1. The molecular formula is C26H31N5O5. The molecule has 0 unspecified atom stereocenters. The van der Waals surface area contributed by atoms with Crippen LogP contribution in [0.4, 0.5) is 4.79 Å². The summed E-state index contributed by atoms with van der Waals surface area (Å²) in [5.74, 6) is -0.563. The van der Waals surface area contributed by atoms with Gasteiger partial charge in [-0.1, -0.05) is 35.5 Å². The molecule has 3 aromatic rings. The standard InChI is InChI=1S/C26H31N5O5/c1-17(18-8-5-4-6-9-18)30(2)26(34)35-16-23-24(28-29-31(23)3)22-13-12-21(15-27-22)36-20-11-7-10-19(14-20)25(32)33/h4-6,8-9,12-13,15,17,19-20H,7,10-11,14,16H2,1-3H3,(H,32,33)/t17-,19+,20+/m1/s1. The van der Waals surface area contributed by atoms with Gasteiger partial charge in [-0.05, 0) is 50.3 Å². The van der Waals surface area contributed by atoms with Gasteiger partial charge in [0.25, 0.3) is 0 Å². The first-order chi connectivity index (χ1) is 17.3. The van der Waals surface area contributed by atoms with Crippen LogP contribution in [0.25, 0.3) is 11.4 Å². The number of carboxylic acid groups (broad SMARTS) is 1. The van der Waals surface area contributed by atoms with Gasteiger partial charge in [-0.2, -0.15) is 0 Å². The van der Waals surface area contributed by atoms with Crippen LogP contribution in [-0.2, 0) is 23.2 Å². The Morgan fingerprint density at radius 1 is 1.19 bits per heavy atom. The Morgan fingerprint density at radius 3 is 2.67 bits per heavy atom. The Balaban J connectivity index is 1.39. The van der Waals surface area contributed by atoms with Crippen molar-refractivity contribution in [2.75, 3.05) is 7.05 Å². The molecule has 1 aliphatic carbocycles. The van der Waals surface area contributed by atoms with E-state index < -0.39 is 12.1 Å². The molecule has 4 rings (SSSR count). The number of aryl methyl sites for hydroxylation is 1. The second-order valence-corrected chi connectivity index (χ2v) is 9.08. The molecule has 1 fully saturated rings. The van der Waals surface area contributed by atoms with E-state index in [0.717, 1.165) is 18.4 Å². The first-order valence-electron chi connectivity index (χ1n) is 12.0. The van der Waals surface area contributed by atoms with E-state index in [0.29, 0.717) is 35.7 Å². The monoisotopic (exact) mass is 493 g/mol. The molecule has 2 aromatic heterocycles. The molecule has 0 spiro atoms. The summed E-state index contributed by atoms with van der Waals surface area (Å²) in [6.45, 7) is 1.93. The van der Waals surface area contributed by atoms with E-state index in [2.05, 4.69) is 15.3 Å². The number of nitrogens with zero attached hydrogens (tertiary/aromatic N) is 5. The third-order valence-electron chi connectivity index (χ3n) is 6.68. The third kappa shape index (κ3) is 5.81. The molecule has 10 nitrogen and oxygen atoms in total. The number of amides is 1. The first-order valence-corrected chi connectivity index (χ1v) is 12.0. The zero-order valence-corrected chi connectivity index (χ0v) is 20.7.